The van der Waals surface area contributed by atoms with E-state index in [1.807, 2.05) is 19.1 Å². The van der Waals surface area contributed by atoms with Gasteiger partial charge in [-0.05, 0) is 78.6 Å². The summed E-state index contributed by atoms with van der Waals surface area (Å²) in [6.07, 6.45) is 5.62. The third-order valence-corrected chi connectivity index (χ3v) is 5.54. The van der Waals surface area contributed by atoms with Gasteiger partial charge in [-0.3, -0.25) is 4.90 Å². The number of ether oxygens (including phenoxy) is 2. The molecule has 0 spiro atoms. The van der Waals surface area contributed by atoms with E-state index in [4.69, 9.17) is 13.9 Å². The molecular weight excluding hydrogens is 408 g/mol. The van der Waals surface area contributed by atoms with E-state index in [2.05, 4.69) is 38.3 Å². The van der Waals surface area contributed by atoms with E-state index in [0.717, 1.165) is 53.5 Å². The Labute approximate surface area is 170 Å². The Kier molecular flexibility index (Phi) is 7.61. The van der Waals surface area contributed by atoms with Gasteiger partial charge in [0.25, 0.3) is 0 Å². The molecule has 2 heterocycles. The molecule has 0 aliphatic carbocycles. The molecule has 1 saturated heterocycles. The minimum atomic E-state index is 0.272. The van der Waals surface area contributed by atoms with Crippen LogP contribution in [-0.2, 0) is 6.54 Å². The van der Waals surface area contributed by atoms with Crippen LogP contribution in [0.4, 0.5) is 0 Å². The van der Waals surface area contributed by atoms with Gasteiger partial charge in [0, 0.05) is 13.1 Å². The number of rotatable bonds is 9. The van der Waals surface area contributed by atoms with Crippen molar-refractivity contribution in [2.24, 2.45) is 0 Å². The largest absolute Gasteiger partial charge is 0.493 e. The Morgan fingerprint density at radius 2 is 2.07 bits per heavy atom. The number of likely N-dealkylation sites (tertiary alicyclic amines) is 1. The van der Waals surface area contributed by atoms with Crippen LogP contribution in [0.15, 0.2) is 39.4 Å². The molecule has 27 heavy (non-hydrogen) atoms. The fourth-order valence-corrected chi connectivity index (χ4v) is 4.24. The summed E-state index contributed by atoms with van der Waals surface area (Å²) in [5.41, 5.74) is 1.15. The first-order chi connectivity index (χ1) is 13.2. The Morgan fingerprint density at radius 3 is 2.74 bits per heavy atom. The number of halogens is 1. The highest BCUT2D eigenvalue weighted by Gasteiger charge is 2.24. The number of piperidine rings is 1. The molecule has 1 unspecified atom stereocenters. The summed E-state index contributed by atoms with van der Waals surface area (Å²) in [6, 6.07) is 8.45. The van der Waals surface area contributed by atoms with Crippen molar-refractivity contribution < 1.29 is 13.9 Å². The molecule has 1 fully saturated rings. The molecule has 1 aliphatic heterocycles. The lowest BCUT2D eigenvalue weighted by atomic mass is 10.1. The monoisotopic (exact) mass is 436 g/mol. The summed E-state index contributed by atoms with van der Waals surface area (Å²) >= 11 is 3.60. The fraction of sp³-hybridized carbons (Fsp3) is 0.524. The molecule has 1 N–H and O–H groups in total. The zero-order valence-electron chi connectivity index (χ0n) is 16.2. The highest BCUT2D eigenvalue weighted by Crippen LogP contribution is 2.36. The quantitative estimate of drug-likeness (QED) is 0.613. The maximum absolute atomic E-state index is 5.72. The summed E-state index contributed by atoms with van der Waals surface area (Å²) in [5, 5.41) is 3.60. The fourth-order valence-electron chi connectivity index (χ4n) is 3.63. The van der Waals surface area contributed by atoms with Crippen molar-refractivity contribution in [2.75, 3.05) is 33.4 Å². The van der Waals surface area contributed by atoms with Gasteiger partial charge in [0.05, 0.1) is 30.5 Å². The molecule has 0 radical (unpaired) electrons. The molecule has 0 bridgehead atoms. The minimum absolute atomic E-state index is 0.272. The Hall–Kier alpha value is -1.50. The first kappa shape index (κ1) is 20.2. The third-order valence-electron chi connectivity index (χ3n) is 4.95. The van der Waals surface area contributed by atoms with Crippen LogP contribution in [0, 0.1) is 0 Å². The molecule has 1 aromatic heterocycles. The first-order valence-electron chi connectivity index (χ1n) is 9.70. The van der Waals surface area contributed by atoms with Gasteiger partial charge in [0.1, 0.15) is 5.76 Å². The SMILES string of the molecule is CCOc1c(Br)cc(CNCC(c2ccco2)N2CCCCC2)cc1OC. The van der Waals surface area contributed by atoms with Crippen LogP contribution in [0.5, 0.6) is 11.5 Å². The molecular formula is C21H29BrN2O3. The van der Waals surface area contributed by atoms with Gasteiger partial charge in [0.15, 0.2) is 11.5 Å². The van der Waals surface area contributed by atoms with Gasteiger partial charge in [-0.25, -0.2) is 0 Å². The van der Waals surface area contributed by atoms with Gasteiger partial charge in [0.2, 0.25) is 0 Å². The molecule has 6 heteroatoms. The first-order valence-corrected chi connectivity index (χ1v) is 10.5. The van der Waals surface area contributed by atoms with Crippen molar-refractivity contribution in [3.63, 3.8) is 0 Å². The van der Waals surface area contributed by atoms with Crippen molar-refractivity contribution in [3.8, 4) is 11.5 Å². The number of benzene rings is 1. The normalized spacial score (nSPS) is 16.3. The number of methoxy groups -OCH3 is 1. The van der Waals surface area contributed by atoms with E-state index in [1.54, 1.807) is 13.4 Å². The van der Waals surface area contributed by atoms with Crippen molar-refractivity contribution in [2.45, 2.75) is 38.8 Å². The van der Waals surface area contributed by atoms with E-state index in [-0.39, 0.29) is 6.04 Å². The Bertz CT molecular complexity index is 700. The predicted octanol–water partition coefficient (Wildman–Crippen LogP) is 4.77. The minimum Gasteiger partial charge on any atom is -0.493 e. The average Bonchev–Trinajstić information content (AvgIpc) is 3.22. The zero-order chi connectivity index (χ0) is 19.1. The second-order valence-electron chi connectivity index (χ2n) is 6.80. The second-order valence-corrected chi connectivity index (χ2v) is 7.66. The number of hydrogen-bond acceptors (Lipinski definition) is 5. The maximum Gasteiger partial charge on any atom is 0.175 e. The van der Waals surface area contributed by atoms with Crippen molar-refractivity contribution >= 4 is 15.9 Å². The highest BCUT2D eigenvalue weighted by molar-refractivity contribution is 9.10. The lowest BCUT2D eigenvalue weighted by Gasteiger charge is -2.33. The van der Waals surface area contributed by atoms with Crippen LogP contribution < -0.4 is 14.8 Å². The van der Waals surface area contributed by atoms with Gasteiger partial charge in [-0.15, -0.1) is 0 Å². The smallest absolute Gasteiger partial charge is 0.175 e. The number of nitrogens with zero attached hydrogens (tertiary/aromatic N) is 1. The highest BCUT2D eigenvalue weighted by atomic mass is 79.9. The van der Waals surface area contributed by atoms with Crippen LogP contribution >= 0.6 is 15.9 Å². The second kappa shape index (κ2) is 10.2. The van der Waals surface area contributed by atoms with Gasteiger partial charge in [-0.2, -0.15) is 0 Å². The zero-order valence-corrected chi connectivity index (χ0v) is 17.8. The van der Waals surface area contributed by atoms with Crippen molar-refractivity contribution in [1.82, 2.24) is 10.2 Å². The molecule has 148 valence electrons. The molecule has 0 amide bonds. The lowest BCUT2D eigenvalue weighted by molar-refractivity contribution is 0.142. The molecule has 1 aliphatic rings. The standard InChI is InChI=1S/C21H29BrN2O3/c1-3-26-21-17(22)12-16(13-20(21)25-2)14-23-15-18(19-8-7-11-27-19)24-9-5-4-6-10-24/h7-8,11-13,18,23H,3-6,9-10,14-15H2,1-2H3. The van der Waals surface area contributed by atoms with Crippen LogP contribution in [0.3, 0.4) is 0 Å². The van der Waals surface area contributed by atoms with Crippen molar-refractivity contribution in [3.05, 3.63) is 46.3 Å². The summed E-state index contributed by atoms with van der Waals surface area (Å²) < 4.78 is 17.8. The van der Waals surface area contributed by atoms with E-state index < -0.39 is 0 Å². The topological polar surface area (TPSA) is 46.9 Å². The van der Waals surface area contributed by atoms with Crippen LogP contribution in [0.2, 0.25) is 0 Å². The molecule has 5 nitrogen and oxygen atoms in total. The molecule has 2 aromatic rings. The van der Waals surface area contributed by atoms with E-state index in [1.165, 1.54) is 19.3 Å². The van der Waals surface area contributed by atoms with E-state index in [9.17, 15) is 0 Å². The van der Waals surface area contributed by atoms with Gasteiger partial charge < -0.3 is 19.2 Å². The predicted molar refractivity (Wildman–Crippen MR) is 110 cm³/mol. The molecule has 3 rings (SSSR count). The molecule has 1 atom stereocenters. The Morgan fingerprint density at radius 1 is 1.26 bits per heavy atom. The summed E-state index contributed by atoms with van der Waals surface area (Å²) in [6.45, 7) is 6.45. The number of furan rings is 1. The summed E-state index contributed by atoms with van der Waals surface area (Å²) in [7, 11) is 1.67. The average molecular weight is 437 g/mol. The van der Waals surface area contributed by atoms with Crippen molar-refractivity contribution in [1.29, 1.82) is 0 Å². The molecule has 1 aromatic carbocycles. The van der Waals surface area contributed by atoms with Gasteiger partial charge >= 0.3 is 0 Å². The maximum atomic E-state index is 5.72. The van der Waals surface area contributed by atoms with E-state index in [0.29, 0.717) is 6.61 Å². The van der Waals surface area contributed by atoms with Crippen LogP contribution in [-0.4, -0.2) is 38.3 Å². The lowest BCUT2D eigenvalue weighted by Crippen LogP contribution is -2.38. The summed E-state index contributed by atoms with van der Waals surface area (Å²) in [5.74, 6) is 2.54. The summed E-state index contributed by atoms with van der Waals surface area (Å²) in [4.78, 5) is 2.53. The van der Waals surface area contributed by atoms with Crippen LogP contribution in [0.1, 0.15) is 43.6 Å². The molecule has 0 saturated carbocycles. The van der Waals surface area contributed by atoms with E-state index >= 15 is 0 Å². The third kappa shape index (κ3) is 5.27. The number of hydrogen-bond donors (Lipinski definition) is 1. The Balaban J connectivity index is 1.65. The van der Waals surface area contributed by atoms with Gasteiger partial charge in [-0.1, -0.05) is 6.42 Å². The van der Waals surface area contributed by atoms with Crippen LogP contribution in [0.25, 0.3) is 0 Å². The number of nitrogens with one attached hydrogen (secondary N) is 1.